The number of methoxy groups -OCH3 is 1. The highest BCUT2D eigenvalue weighted by atomic mass is 79.9. The Balaban J connectivity index is 1.77. The average Bonchev–Trinajstić information content (AvgIpc) is 3.09. The quantitative estimate of drug-likeness (QED) is 0.455. The fourth-order valence-corrected chi connectivity index (χ4v) is 3.92. The Morgan fingerprint density at radius 3 is 2.28 bits per heavy atom. The number of carbonyl (C=O) groups is 2. The maximum atomic E-state index is 13.2. The van der Waals surface area contributed by atoms with Gasteiger partial charge in [-0.15, -0.1) is 0 Å². The molecule has 1 N–H and O–H groups in total. The number of rotatable bonds is 6. The van der Waals surface area contributed by atoms with Crippen LogP contribution in [0.15, 0.2) is 101 Å². The second kappa shape index (κ2) is 9.24. The van der Waals surface area contributed by atoms with Crippen molar-refractivity contribution in [2.45, 2.75) is 6.04 Å². The molecule has 0 bridgehead atoms. The van der Waals surface area contributed by atoms with E-state index in [1.807, 2.05) is 54.6 Å². The lowest BCUT2D eigenvalue weighted by molar-refractivity contribution is -0.117. The van der Waals surface area contributed by atoms with E-state index in [1.165, 1.54) is 11.0 Å². The second-order valence-electron chi connectivity index (χ2n) is 7.20. The minimum absolute atomic E-state index is 0.0420. The third-order valence-electron chi connectivity index (χ3n) is 5.24. The molecule has 5 nitrogen and oxygen atoms in total. The average molecular weight is 490 g/mol. The number of amides is 1. The van der Waals surface area contributed by atoms with Gasteiger partial charge in [-0.25, -0.2) is 0 Å². The van der Waals surface area contributed by atoms with Gasteiger partial charge in [0.2, 0.25) is 0 Å². The molecular weight excluding hydrogens is 470 g/mol. The Bertz CT molecular complexity index is 1200. The van der Waals surface area contributed by atoms with Gasteiger partial charge in [-0.1, -0.05) is 64.5 Å². The predicted molar refractivity (Wildman–Crippen MR) is 128 cm³/mol. The van der Waals surface area contributed by atoms with Gasteiger partial charge in [0, 0.05) is 10.2 Å². The molecule has 3 aromatic rings. The van der Waals surface area contributed by atoms with Crippen LogP contribution in [0.3, 0.4) is 0 Å². The van der Waals surface area contributed by atoms with E-state index in [2.05, 4.69) is 15.9 Å². The molecule has 0 fully saturated rings. The Labute approximate surface area is 194 Å². The van der Waals surface area contributed by atoms with Crippen molar-refractivity contribution in [1.29, 1.82) is 0 Å². The van der Waals surface area contributed by atoms with Crippen LogP contribution >= 0.6 is 15.9 Å². The first-order valence-electron chi connectivity index (χ1n) is 9.93. The molecule has 4 rings (SSSR count). The number of allylic oxidation sites excluding steroid dienone is 1. The molecule has 1 amide bonds. The summed E-state index contributed by atoms with van der Waals surface area (Å²) in [5.41, 5.74) is 2.14. The monoisotopic (exact) mass is 489 g/mol. The number of halogens is 1. The van der Waals surface area contributed by atoms with Crippen molar-refractivity contribution in [2.24, 2.45) is 0 Å². The maximum absolute atomic E-state index is 13.2. The Morgan fingerprint density at radius 2 is 1.66 bits per heavy atom. The van der Waals surface area contributed by atoms with E-state index >= 15 is 0 Å². The molecule has 3 aromatic carbocycles. The van der Waals surface area contributed by atoms with Gasteiger partial charge in [-0.05, 0) is 53.6 Å². The molecular formula is C26H20BrNO4. The molecule has 0 saturated carbocycles. The van der Waals surface area contributed by atoms with Crippen molar-refractivity contribution in [3.63, 3.8) is 0 Å². The number of nitrogens with zero attached hydrogens (tertiary/aromatic N) is 1. The number of carbonyl (C=O) groups excluding carboxylic acids is 2. The van der Waals surface area contributed by atoms with Crippen molar-refractivity contribution in [3.8, 4) is 5.75 Å². The molecule has 32 heavy (non-hydrogen) atoms. The fraction of sp³-hybridized carbons (Fsp3) is 0.0769. The molecule has 160 valence electrons. The SMILES string of the molecule is COc1ccc(N2C(=O)C(O)=C(C(=O)/C=C/c3ccccc3)C2c2ccc(Br)cc2)cc1. The van der Waals surface area contributed by atoms with Crippen LogP contribution in [-0.2, 0) is 9.59 Å². The summed E-state index contributed by atoms with van der Waals surface area (Å²) in [6, 6.07) is 22.8. The number of hydrogen-bond acceptors (Lipinski definition) is 4. The van der Waals surface area contributed by atoms with Crippen molar-refractivity contribution in [3.05, 3.63) is 112 Å². The highest BCUT2D eigenvalue weighted by Gasteiger charge is 2.43. The normalized spacial score (nSPS) is 16.1. The van der Waals surface area contributed by atoms with Gasteiger partial charge in [0.15, 0.2) is 11.5 Å². The largest absolute Gasteiger partial charge is 0.503 e. The molecule has 1 heterocycles. The van der Waals surface area contributed by atoms with Gasteiger partial charge < -0.3 is 9.84 Å². The number of aliphatic hydroxyl groups is 1. The van der Waals surface area contributed by atoms with Gasteiger partial charge in [-0.3, -0.25) is 14.5 Å². The molecule has 1 atom stereocenters. The number of anilines is 1. The molecule has 1 aliphatic rings. The van der Waals surface area contributed by atoms with Crippen LogP contribution in [0.5, 0.6) is 5.75 Å². The zero-order valence-corrected chi connectivity index (χ0v) is 18.8. The lowest BCUT2D eigenvalue weighted by atomic mass is 9.95. The van der Waals surface area contributed by atoms with Crippen LogP contribution in [0, 0.1) is 0 Å². The van der Waals surface area contributed by atoms with E-state index in [0.717, 1.165) is 10.0 Å². The summed E-state index contributed by atoms with van der Waals surface area (Å²) in [6.45, 7) is 0. The van der Waals surface area contributed by atoms with Crippen LogP contribution in [0.4, 0.5) is 5.69 Å². The lowest BCUT2D eigenvalue weighted by Crippen LogP contribution is -2.30. The summed E-state index contributed by atoms with van der Waals surface area (Å²) in [5.74, 6) is -0.959. The summed E-state index contributed by atoms with van der Waals surface area (Å²) < 4.78 is 6.07. The first kappa shape index (κ1) is 21.6. The second-order valence-corrected chi connectivity index (χ2v) is 8.11. The lowest BCUT2D eigenvalue weighted by Gasteiger charge is -2.27. The maximum Gasteiger partial charge on any atom is 0.294 e. The molecule has 0 spiro atoms. The van der Waals surface area contributed by atoms with Gasteiger partial charge in [0.1, 0.15) is 5.75 Å². The minimum Gasteiger partial charge on any atom is -0.503 e. The van der Waals surface area contributed by atoms with Crippen LogP contribution in [0.25, 0.3) is 6.08 Å². The zero-order chi connectivity index (χ0) is 22.7. The molecule has 6 heteroatoms. The molecule has 1 unspecified atom stereocenters. The summed E-state index contributed by atoms with van der Waals surface area (Å²) >= 11 is 3.41. The van der Waals surface area contributed by atoms with Crippen molar-refractivity contribution >= 4 is 39.4 Å². The number of ketones is 1. The van der Waals surface area contributed by atoms with Crippen molar-refractivity contribution < 1.29 is 19.4 Å². The molecule has 0 radical (unpaired) electrons. The number of aliphatic hydroxyl groups excluding tert-OH is 1. The van der Waals surface area contributed by atoms with Crippen LogP contribution in [0.1, 0.15) is 17.2 Å². The standard InChI is InChI=1S/C26H20BrNO4/c1-32-21-14-12-20(13-15-21)28-24(18-8-10-19(27)11-9-18)23(25(30)26(28)31)22(29)16-7-17-5-3-2-4-6-17/h2-16,24,30H,1H3/b16-7+. The number of benzene rings is 3. The van der Waals surface area contributed by atoms with Gasteiger partial charge >= 0.3 is 0 Å². The van der Waals surface area contributed by atoms with Crippen LogP contribution in [0.2, 0.25) is 0 Å². The van der Waals surface area contributed by atoms with E-state index in [9.17, 15) is 14.7 Å². The van der Waals surface area contributed by atoms with E-state index in [4.69, 9.17) is 4.74 Å². The molecule has 0 aliphatic carbocycles. The van der Waals surface area contributed by atoms with E-state index in [0.29, 0.717) is 17.0 Å². The third-order valence-corrected chi connectivity index (χ3v) is 5.77. The summed E-state index contributed by atoms with van der Waals surface area (Å²) in [7, 11) is 1.56. The zero-order valence-electron chi connectivity index (χ0n) is 17.2. The molecule has 1 aliphatic heterocycles. The number of ether oxygens (including phenoxy) is 1. The molecule has 0 saturated heterocycles. The number of hydrogen-bond donors (Lipinski definition) is 1. The third kappa shape index (κ3) is 4.22. The van der Waals surface area contributed by atoms with Crippen molar-refractivity contribution in [2.75, 3.05) is 12.0 Å². The van der Waals surface area contributed by atoms with E-state index in [1.54, 1.807) is 37.5 Å². The molecule has 0 aromatic heterocycles. The van der Waals surface area contributed by atoms with Crippen molar-refractivity contribution in [1.82, 2.24) is 0 Å². The van der Waals surface area contributed by atoms with E-state index in [-0.39, 0.29) is 5.57 Å². The van der Waals surface area contributed by atoms with Crippen LogP contribution < -0.4 is 9.64 Å². The Morgan fingerprint density at radius 1 is 1.00 bits per heavy atom. The fourth-order valence-electron chi connectivity index (χ4n) is 3.65. The Hall–Kier alpha value is -3.64. The van der Waals surface area contributed by atoms with Crippen LogP contribution in [-0.4, -0.2) is 23.9 Å². The summed E-state index contributed by atoms with van der Waals surface area (Å²) in [6.07, 6.45) is 3.05. The Kier molecular flexibility index (Phi) is 6.23. The highest BCUT2D eigenvalue weighted by molar-refractivity contribution is 9.10. The summed E-state index contributed by atoms with van der Waals surface area (Å²) in [4.78, 5) is 27.7. The minimum atomic E-state index is -0.767. The first-order chi connectivity index (χ1) is 15.5. The highest BCUT2D eigenvalue weighted by Crippen LogP contribution is 2.41. The first-order valence-corrected chi connectivity index (χ1v) is 10.7. The summed E-state index contributed by atoms with van der Waals surface area (Å²) in [5, 5.41) is 10.7. The van der Waals surface area contributed by atoms with Gasteiger partial charge in [0.25, 0.3) is 5.91 Å². The van der Waals surface area contributed by atoms with E-state index < -0.39 is 23.5 Å². The van der Waals surface area contributed by atoms with Gasteiger partial charge in [-0.2, -0.15) is 0 Å². The topological polar surface area (TPSA) is 66.8 Å². The smallest absolute Gasteiger partial charge is 0.294 e. The predicted octanol–water partition coefficient (Wildman–Crippen LogP) is 5.64. The van der Waals surface area contributed by atoms with Gasteiger partial charge in [0.05, 0.1) is 18.7 Å².